The lowest BCUT2D eigenvalue weighted by Crippen LogP contribution is -2.47. The zero-order chi connectivity index (χ0) is 19.1. The number of hydrogen-bond acceptors (Lipinski definition) is 5. The largest absolute Gasteiger partial charge is 0.369 e. The van der Waals surface area contributed by atoms with Gasteiger partial charge in [0.1, 0.15) is 5.60 Å². The SMILES string of the molecule is Cc1cc(C(=O)N2CCC3(CC2)OCCc2cc(-c4ccccc4)sc23)on1. The second-order valence-electron chi connectivity index (χ2n) is 7.55. The van der Waals surface area contributed by atoms with E-state index in [-0.39, 0.29) is 11.5 Å². The van der Waals surface area contributed by atoms with Crippen molar-refractivity contribution in [3.63, 3.8) is 0 Å². The summed E-state index contributed by atoms with van der Waals surface area (Å²) in [6.07, 6.45) is 2.58. The number of ether oxygens (including phenoxy) is 1. The first-order valence-electron chi connectivity index (χ1n) is 9.70. The van der Waals surface area contributed by atoms with Crippen LogP contribution in [0.3, 0.4) is 0 Å². The summed E-state index contributed by atoms with van der Waals surface area (Å²) in [5, 5.41) is 3.83. The molecule has 6 heteroatoms. The second-order valence-corrected chi connectivity index (χ2v) is 8.60. The van der Waals surface area contributed by atoms with Crippen molar-refractivity contribution < 1.29 is 14.1 Å². The fourth-order valence-corrected chi connectivity index (χ4v) is 5.65. The summed E-state index contributed by atoms with van der Waals surface area (Å²) in [4.78, 5) is 17.2. The Morgan fingerprint density at radius 3 is 2.68 bits per heavy atom. The molecule has 1 aromatic carbocycles. The highest BCUT2D eigenvalue weighted by Gasteiger charge is 2.43. The number of fused-ring (bicyclic) bond motifs is 2. The molecule has 1 saturated heterocycles. The molecule has 144 valence electrons. The Balaban J connectivity index is 1.38. The smallest absolute Gasteiger partial charge is 0.292 e. The number of likely N-dealkylation sites (tertiary alicyclic amines) is 1. The van der Waals surface area contributed by atoms with Crippen LogP contribution in [0.1, 0.15) is 39.5 Å². The van der Waals surface area contributed by atoms with E-state index >= 15 is 0 Å². The molecule has 0 radical (unpaired) electrons. The van der Waals surface area contributed by atoms with Gasteiger partial charge in [0.25, 0.3) is 5.91 Å². The van der Waals surface area contributed by atoms with Gasteiger partial charge in [0, 0.05) is 28.9 Å². The number of carbonyl (C=O) groups is 1. The van der Waals surface area contributed by atoms with Gasteiger partial charge in [-0.2, -0.15) is 0 Å². The Morgan fingerprint density at radius 1 is 1.18 bits per heavy atom. The van der Waals surface area contributed by atoms with Crippen molar-refractivity contribution in [3.8, 4) is 10.4 Å². The highest BCUT2D eigenvalue weighted by atomic mass is 32.1. The van der Waals surface area contributed by atoms with Crippen LogP contribution < -0.4 is 0 Å². The first kappa shape index (κ1) is 17.6. The molecule has 0 saturated carbocycles. The van der Waals surface area contributed by atoms with E-state index in [1.807, 2.05) is 29.2 Å². The minimum atomic E-state index is -0.264. The van der Waals surface area contributed by atoms with E-state index in [9.17, 15) is 4.79 Å². The number of thiophene rings is 1. The normalized spacial score (nSPS) is 18.2. The number of nitrogens with zero attached hydrogens (tertiary/aromatic N) is 2. The molecule has 2 aromatic heterocycles. The number of carbonyl (C=O) groups excluding carboxylic acids is 1. The van der Waals surface area contributed by atoms with Gasteiger partial charge in [-0.25, -0.2) is 0 Å². The van der Waals surface area contributed by atoms with E-state index in [0.29, 0.717) is 18.8 Å². The van der Waals surface area contributed by atoms with Crippen LogP contribution in [0.2, 0.25) is 0 Å². The van der Waals surface area contributed by atoms with Gasteiger partial charge in [-0.1, -0.05) is 35.5 Å². The molecule has 1 spiro atoms. The van der Waals surface area contributed by atoms with Gasteiger partial charge in [-0.15, -0.1) is 11.3 Å². The number of aryl methyl sites for hydroxylation is 1. The van der Waals surface area contributed by atoms with Crippen LogP contribution in [0.15, 0.2) is 47.0 Å². The van der Waals surface area contributed by atoms with Crippen molar-refractivity contribution >= 4 is 17.2 Å². The van der Waals surface area contributed by atoms with Gasteiger partial charge in [0.05, 0.1) is 12.3 Å². The van der Waals surface area contributed by atoms with Crippen molar-refractivity contribution in [1.82, 2.24) is 10.1 Å². The van der Waals surface area contributed by atoms with E-state index in [1.165, 1.54) is 20.9 Å². The average Bonchev–Trinajstić information content (AvgIpc) is 3.36. The maximum absolute atomic E-state index is 12.7. The predicted octanol–water partition coefficient (Wildman–Crippen LogP) is 4.42. The number of hydrogen-bond donors (Lipinski definition) is 0. The average molecular weight is 394 g/mol. The van der Waals surface area contributed by atoms with Crippen molar-refractivity contribution in [1.29, 1.82) is 0 Å². The standard InChI is InChI=1S/C22H22N2O3S/c1-15-13-18(27-23-15)21(25)24-10-8-22(9-11-24)20-17(7-12-26-22)14-19(28-20)16-5-3-2-4-6-16/h2-6,13-14H,7-12H2,1H3. The molecule has 5 nitrogen and oxygen atoms in total. The summed E-state index contributed by atoms with van der Waals surface area (Å²) in [6, 6.07) is 14.5. The van der Waals surface area contributed by atoms with Crippen LogP contribution in [0.4, 0.5) is 0 Å². The molecule has 0 atom stereocenters. The molecule has 0 unspecified atom stereocenters. The monoisotopic (exact) mass is 394 g/mol. The molecule has 0 N–H and O–H groups in total. The van der Waals surface area contributed by atoms with E-state index in [0.717, 1.165) is 31.6 Å². The van der Waals surface area contributed by atoms with Crippen LogP contribution in [0.5, 0.6) is 0 Å². The minimum Gasteiger partial charge on any atom is -0.369 e. The predicted molar refractivity (Wildman–Crippen MR) is 107 cm³/mol. The van der Waals surface area contributed by atoms with E-state index < -0.39 is 0 Å². The Labute approximate surface area is 167 Å². The quantitative estimate of drug-likeness (QED) is 0.646. The van der Waals surface area contributed by atoms with Gasteiger partial charge in [-0.3, -0.25) is 4.79 Å². The summed E-state index contributed by atoms with van der Waals surface area (Å²) in [5.41, 5.74) is 3.12. The Kier molecular flexibility index (Phi) is 4.33. The van der Waals surface area contributed by atoms with Crippen LogP contribution in [0, 0.1) is 6.92 Å². The molecule has 5 rings (SSSR count). The van der Waals surface area contributed by atoms with Gasteiger partial charge >= 0.3 is 0 Å². The number of aromatic nitrogens is 1. The first-order valence-corrected chi connectivity index (χ1v) is 10.5. The van der Waals surface area contributed by atoms with E-state index in [4.69, 9.17) is 9.26 Å². The lowest BCUT2D eigenvalue weighted by molar-refractivity contribution is -0.0908. The number of piperidine rings is 1. The molecule has 0 bridgehead atoms. The first-order chi connectivity index (χ1) is 13.6. The van der Waals surface area contributed by atoms with Gasteiger partial charge < -0.3 is 14.2 Å². The van der Waals surface area contributed by atoms with Crippen LogP contribution in [-0.4, -0.2) is 35.7 Å². The third kappa shape index (κ3) is 2.97. The lowest BCUT2D eigenvalue weighted by Gasteiger charge is -2.43. The number of rotatable bonds is 2. The van der Waals surface area contributed by atoms with Gasteiger partial charge in [0.15, 0.2) is 0 Å². The van der Waals surface area contributed by atoms with Crippen molar-refractivity contribution in [2.24, 2.45) is 0 Å². The Bertz CT molecular complexity index is 1000. The van der Waals surface area contributed by atoms with Crippen molar-refractivity contribution in [2.45, 2.75) is 31.8 Å². The van der Waals surface area contributed by atoms with E-state index in [1.54, 1.807) is 6.07 Å². The third-order valence-electron chi connectivity index (χ3n) is 5.73. The highest BCUT2D eigenvalue weighted by molar-refractivity contribution is 7.15. The van der Waals surface area contributed by atoms with Crippen LogP contribution in [-0.2, 0) is 16.8 Å². The van der Waals surface area contributed by atoms with Crippen molar-refractivity contribution in [2.75, 3.05) is 19.7 Å². The molecule has 4 heterocycles. The fraction of sp³-hybridized carbons (Fsp3) is 0.364. The molecule has 2 aliphatic heterocycles. The van der Waals surface area contributed by atoms with Crippen LogP contribution in [0.25, 0.3) is 10.4 Å². The molecular formula is C22H22N2O3S. The second kappa shape index (κ2) is 6.87. The summed E-state index contributed by atoms with van der Waals surface area (Å²) in [5.74, 6) is 0.240. The Morgan fingerprint density at radius 2 is 1.96 bits per heavy atom. The number of benzene rings is 1. The highest BCUT2D eigenvalue weighted by Crippen LogP contribution is 2.47. The fourth-order valence-electron chi connectivity index (χ4n) is 4.23. The molecule has 0 aliphatic carbocycles. The molecule has 1 amide bonds. The zero-order valence-corrected chi connectivity index (χ0v) is 16.6. The van der Waals surface area contributed by atoms with Gasteiger partial charge in [-0.05, 0) is 43.4 Å². The lowest BCUT2D eigenvalue weighted by atomic mass is 9.85. The summed E-state index contributed by atoms with van der Waals surface area (Å²) >= 11 is 1.85. The molecule has 2 aliphatic rings. The van der Waals surface area contributed by atoms with E-state index in [2.05, 4.69) is 35.5 Å². The number of amides is 1. The molecular weight excluding hydrogens is 372 g/mol. The van der Waals surface area contributed by atoms with Crippen LogP contribution >= 0.6 is 11.3 Å². The Hall–Kier alpha value is -2.44. The third-order valence-corrected chi connectivity index (χ3v) is 7.14. The molecule has 3 aromatic rings. The summed E-state index contributed by atoms with van der Waals surface area (Å²) < 4.78 is 11.5. The molecule has 28 heavy (non-hydrogen) atoms. The topological polar surface area (TPSA) is 55.6 Å². The van der Waals surface area contributed by atoms with Gasteiger partial charge in [0.2, 0.25) is 5.76 Å². The zero-order valence-electron chi connectivity index (χ0n) is 15.8. The molecule has 1 fully saturated rings. The summed E-state index contributed by atoms with van der Waals surface area (Å²) in [7, 11) is 0. The maximum Gasteiger partial charge on any atom is 0.292 e. The minimum absolute atomic E-state index is 0.0809. The van der Waals surface area contributed by atoms with Crippen molar-refractivity contribution in [3.05, 3.63) is 64.4 Å². The summed E-state index contributed by atoms with van der Waals surface area (Å²) in [6.45, 7) is 3.89. The maximum atomic E-state index is 12.7.